The zero-order chi connectivity index (χ0) is 19.1. The Labute approximate surface area is 174 Å². The van der Waals surface area contributed by atoms with E-state index in [1.54, 1.807) is 52.0 Å². The summed E-state index contributed by atoms with van der Waals surface area (Å²) in [6, 6.07) is 10.9. The summed E-state index contributed by atoms with van der Waals surface area (Å²) in [5, 5.41) is 38.7. The molecule has 0 fully saturated rings. The third-order valence-electron chi connectivity index (χ3n) is 2.63. The second-order valence-electron chi connectivity index (χ2n) is 4.39. The van der Waals surface area contributed by atoms with Gasteiger partial charge in [-0.15, -0.1) is 0 Å². The predicted molar refractivity (Wildman–Crippen MR) is 107 cm³/mol. The summed E-state index contributed by atoms with van der Waals surface area (Å²) in [4.78, 5) is 0. The molecule has 2 aromatic rings. The first-order valence-electron chi connectivity index (χ1n) is 6.60. The number of nitrogens with zero attached hydrogens (tertiary/aromatic N) is 4. The van der Waals surface area contributed by atoms with Gasteiger partial charge in [0.15, 0.2) is 22.8 Å². The smallest absolute Gasteiger partial charge is 0.753 e. The molecule has 6 nitrogen and oxygen atoms in total. The Kier molecular flexibility index (Phi) is 19.2. The molecule has 0 unspecified atom stereocenters. The van der Waals surface area contributed by atoms with Crippen molar-refractivity contribution in [3.63, 3.8) is 0 Å². The number of isothiocyanates is 2. The molecule has 0 radical (unpaired) electrons. The van der Waals surface area contributed by atoms with Gasteiger partial charge in [0.2, 0.25) is 0 Å². The molecule has 0 spiro atoms. The largest absolute Gasteiger partial charge is 2.00 e. The van der Waals surface area contributed by atoms with Crippen molar-refractivity contribution in [2.75, 3.05) is 0 Å². The van der Waals surface area contributed by atoms with Gasteiger partial charge in [0.25, 0.3) is 0 Å². The van der Waals surface area contributed by atoms with Crippen molar-refractivity contribution in [2.45, 2.75) is 27.7 Å². The molecule has 2 aromatic heterocycles. The van der Waals surface area contributed by atoms with Crippen molar-refractivity contribution >= 4 is 57.8 Å². The molecule has 9 heteroatoms. The van der Waals surface area contributed by atoms with Crippen LogP contribution in [0.15, 0.2) is 36.4 Å². The minimum absolute atomic E-state index is 0. The van der Waals surface area contributed by atoms with Crippen LogP contribution in [0, 0.1) is 38.1 Å². The van der Waals surface area contributed by atoms with Crippen LogP contribution in [0.5, 0.6) is 0 Å². The van der Waals surface area contributed by atoms with E-state index in [0.29, 0.717) is 0 Å². The summed E-state index contributed by atoms with van der Waals surface area (Å²) in [5.74, 6) is 0. The molecule has 0 N–H and O–H groups in total. The molecule has 128 valence electrons. The Morgan fingerprint density at radius 2 is 0.880 bits per heavy atom. The van der Waals surface area contributed by atoms with Crippen molar-refractivity contribution in [1.29, 1.82) is 0 Å². The van der Waals surface area contributed by atoms with Crippen LogP contribution >= 0.6 is 24.4 Å². The molecule has 0 amide bonds. The maximum Gasteiger partial charge on any atom is 2.00 e. The first kappa shape index (κ1) is 28.1. The normalized spacial score (nSPS) is 7.52. The topological polar surface area (TPSA) is 98.5 Å². The second kappa shape index (κ2) is 17.1. The number of aryl methyl sites for hydroxylation is 4. The molecule has 0 saturated heterocycles. The van der Waals surface area contributed by atoms with E-state index >= 15 is 0 Å². The Morgan fingerprint density at radius 3 is 1.00 bits per heavy atom. The molecule has 0 aromatic carbocycles. The van der Waals surface area contributed by atoms with Gasteiger partial charge in [0.05, 0.1) is 0 Å². The molecule has 2 rings (SSSR count). The van der Waals surface area contributed by atoms with Gasteiger partial charge in [0.1, 0.15) is 0 Å². The molecule has 0 bridgehead atoms. The van der Waals surface area contributed by atoms with Crippen LogP contribution in [0.4, 0.5) is 0 Å². The van der Waals surface area contributed by atoms with E-state index in [1.807, 2.05) is 12.1 Å². The van der Waals surface area contributed by atoms with E-state index in [9.17, 15) is 10.4 Å². The fourth-order valence-corrected chi connectivity index (χ4v) is 1.48. The molecule has 2 heterocycles. The van der Waals surface area contributed by atoms with Crippen LogP contribution in [0.25, 0.3) is 10.8 Å². The van der Waals surface area contributed by atoms with Crippen molar-refractivity contribution < 1.29 is 9.46 Å². The maximum absolute atomic E-state index is 10.9. The van der Waals surface area contributed by atoms with Gasteiger partial charge in [-0.3, -0.25) is 0 Å². The van der Waals surface area contributed by atoms with Gasteiger partial charge in [-0.25, -0.2) is 0 Å². The molecule has 0 saturated carbocycles. The van der Waals surface area contributed by atoms with Crippen molar-refractivity contribution in [3.05, 3.63) is 80.4 Å². The van der Waals surface area contributed by atoms with Crippen molar-refractivity contribution in [1.82, 2.24) is 0 Å². The molecular weight excluding hydrogens is 369 g/mol. The summed E-state index contributed by atoms with van der Waals surface area (Å²) in [5.41, 5.74) is 2.98. The number of aromatic nitrogens is 2. The third kappa shape index (κ3) is 13.3. The van der Waals surface area contributed by atoms with E-state index in [4.69, 9.17) is 10.8 Å². The number of pyridine rings is 2. The molecular formula is C16H18MgN4O2S2. The first-order valence-corrected chi connectivity index (χ1v) is 7.42. The number of hydrogen-bond acceptors (Lipinski definition) is 4. The van der Waals surface area contributed by atoms with E-state index in [-0.39, 0.29) is 23.1 Å². The van der Waals surface area contributed by atoms with E-state index in [2.05, 4.69) is 24.4 Å². The summed E-state index contributed by atoms with van der Waals surface area (Å²) in [6.45, 7) is 7.17. The Hall–Kier alpha value is -1.73. The van der Waals surface area contributed by atoms with Crippen LogP contribution in [0.2, 0.25) is 0 Å². The number of hydrogen-bond donors (Lipinski definition) is 0. The van der Waals surface area contributed by atoms with Gasteiger partial charge in [0, 0.05) is 52.0 Å². The average Bonchev–Trinajstić information content (AvgIpc) is 2.52. The quantitative estimate of drug-likeness (QED) is 0.228. The monoisotopic (exact) mass is 386 g/mol. The van der Waals surface area contributed by atoms with E-state index in [0.717, 1.165) is 32.2 Å². The first-order chi connectivity index (χ1) is 11.3. The van der Waals surface area contributed by atoms with Crippen LogP contribution in [0.3, 0.4) is 0 Å². The standard InChI is InChI=1S/2C7H9NO.2CNS.Mg/c2*1-6-4-3-5-7(2)8(6)9;2*2-1-3;/h2*3-5H,1-2H3;;;/q;;2*-1;+2. The zero-order valence-corrected chi connectivity index (χ0v) is 17.6. The van der Waals surface area contributed by atoms with Gasteiger partial charge in [-0.05, 0) is 12.1 Å². The van der Waals surface area contributed by atoms with Gasteiger partial charge in [-0.2, -0.15) is 19.8 Å². The summed E-state index contributed by atoms with van der Waals surface area (Å²) in [6.07, 6.45) is 0. The van der Waals surface area contributed by atoms with Crippen LogP contribution in [-0.4, -0.2) is 33.4 Å². The average molecular weight is 387 g/mol. The SMILES string of the molecule is Cc1cccc(C)[n+]1[O-].Cc1cccc(C)[n+]1[O-].[Mg+2].[N-]=C=S.[N-]=C=S. The number of thiocarbonyl (C=S) groups is 2. The van der Waals surface area contributed by atoms with Gasteiger partial charge < -0.3 is 21.2 Å². The molecule has 0 atom stereocenters. The fraction of sp³-hybridized carbons (Fsp3) is 0.250. The summed E-state index contributed by atoms with van der Waals surface area (Å²) >= 11 is 7.40. The van der Waals surface area contributed by atoms with Crippen LogP contribution in [0.1, 0.15) is 22.8 Å². The minimum atomic E-state index is 0. The van der Waals surface area contributed by atoms with Gasteiger partial charge >= 0.3 is 23.1 Å². The Bertz CT molecular complexity index is 613. The zero-order valence-electron chi connectivity index (χ0n) is 14.6. The summed E-state index contributed by atoms with van der Waals surface area (Å²) in [7, 11) is 0. The molecule has 25 heavy (non-hydrogen) atoms. The molecule has 0 aliphatic carbocycles. The Morgan fingerprint density at radius 1 is 0.720 bits per heavy atom. The summed E-state index contributed by atoms with van der Waals surface area (Å²) < 4.78 is 1.83. The minimum Gasteiger partial charge on any atom is -0.753 e. The molecule has 0 aliphatic rings. The molecule has 0 aliphatic heterocycles. The van der Waals surface area contributed by atoms with Crippen LogP contribution < -0.4 is 9.46 Å². The van der Waals surface area contributed by atoms with Crippen molar-refractivity contribution in [3.8, 4) is 0 Å². The van der Waals surface area contributed by atoms with E-state index in [1.165, 1.54) is 10.3 Å². The maximum atomic E-state index is 10.9. The number of rotatable bonds is 0. The predicted octanol–water partition coefficient (Wildman–Crippen LogP) is 2.81. The Balaban J connectivity index is -0.000000287. The van der Waals surface area contributed by atoms with Gasteiger partial charge in [-0.1, -0.05) is 24.4 Å². The fourth-order valence-electron chi connectivity index (χ4n) is 1.48. The van der Waals surface area contributed by atoms with E-state index < -0.39 is 0 Å². The second-order valence-corrected chi connectivity index (χ2v) is 4.75. The third-order valence-corrected chi connectivity index (χ3v) is 2.63. The van der Waals surface area contributed by atoms with Crippen LogP contribution in [-0.2, 0) is 0 Å². The van der Waals surface area contributed by atoms with Crippen molar-refractivity contribution in [2.24, 2.45) is 0 Å².